The smallest absolute Gasteiger partial charge is 0.122 e. The SMILES string of the molecule is CCC(C)(CN=O)N=O. The van der Waals surface area contributed by atoms with Crippen LogP contribution in [0.15, 0.2) is 10.4 Å². The Balaban J connectivity index is 3.90. The summed E-state index contributed by atoms with van der Waals surface area (Å²) in [6.45, 7) is 3.39. The quantitative estimate of drug-likeness (QED) is 0.543. The average Bonchev–Trinajstić information content (AvgIpc) is 1.89. The van der Waals surface area contributed by atoms with Gasteiger partial charge in [-0.1, -0.05) is 17.3 Å². The lowest BCUT2D eigenvalue weighted by Crippen LogP contribution is -2.23. The molecular weight excluding hydrogens is 120 g/mol. The Morgan fingerprint density at radius 1 is 1.44 bits per heavy atom. The number of hydrogen-bond donors (Lipinski definition) is 0. The van der Waals surface area contributed by atoms with Gasteiger partial charge >= 0.3 is 0 Å². The van der Waals surface area contributed by atoms with Gasteiger partial charge in [-0.25, -0.2) is 0 Å². The molecule has 1 atom stereocenters. The summed E-state index contributed by atoms with van der Waals surface area (Å²) in [7, 11) is 0. The fourth-order valence-corrected chi connectivity index (χ4v) is 0.344. The highest BCUT2D eigenvalue weighted by atomic mass is 16.3. The molecule has 0 N–H and O–H groups in total. The molecule has 0 aliphatic heterocycles. The first kappa shape index (κ1) is 8.20. The topological polar surface area (TPSA) is 58.9 Å². The summed E-state index contributed by atoms with van der Waals surface area (Å²) < 4.78 is 0. The molecule has 0 bridgehead atoms. The van der Waals surface area contributed by atoms with Crippen molar-refractivity contribution >= 4 is 0 Å². The van der Waals surface area contributed by atoms with Crippen LogP contribution in [0, 0.1) is 9.81 Å². The van der Waals surface area contributed by atoms with Gasteiger partial charge in [-0.2, -0.15) is 9.81 Å². The highest BCUT2D eigenvalue weighted by Gasteiger charge is 2.22. The van der Waals surface area contributed by atoms with Crippen LogP contribution in [-0.2, 0) is 0 Å². The first-order valence-electron chi connectivity index (χ1n) is 2.82. The second kappa shape index (κ2) is 3.27. The third-order valence-electron chi connectivity index (χ3n) is 1.39. The van der Waals surface area contributed by atoms with Crippen molar-refractivity contribution in [1.29, 1.82) is 0 Å². The van der Waals surface area contributed by atoms with Gasteiger partial charge in [0.05, 0.1) is 0 Å². The Labute approximate surface area is 53.6 Å². The van der Waals surface area contributed by atoms with E-state index in [1.807, 2.05) is 0 Å². The Kier molecular flexibility index (Phi) is 2.98. The summed E-state index contributed by atoms with van der Waals surface area (Å²) in [6, 6.07) is 0. The van der Waals surface area contributed by atoms with Gasteiger partial charge in [0.25, 0.3) is 0 Å². The highest BCUT2D eigenvalue weighted by molar-refractivity contribution is 4.82. The predicted molar refractivity (Wildman–Crippen MR) is 35.2 cm³/mol. The van der Waals surface area contributed by atoms with E-state index in [0.717, 1.165) is 0 Å². The normalized spacial score (nSPS) is 16.2. The minimum Gasteiger partial charge on any atom is -0.151 e. The summed E-state index contributed by atoms with van der Waals surface area (Å²) in [5.41, 5.74) is -0.776. The van der Waals surface area contributed by atoms with Gasteiger partial charge in [-0.15, -0.1) is 0 Å². The van der Waals surface area contributed by atoms with Crippen LogP contribution in [0.2, 0.25) is 0 Å². The van der Waals surface area contributed by atoms with Crippen LogP contribution in [0.25, 0.3) is 0 Å². The predicted octanol–water partition coefficient (Wildman–Crippen LogP) is 1.69. The van der Waals surface area contributed by atoms with Crippen molar-refractivity contribution in [3.05, 3.63) is 9.81 Å². The molecule has 0 aliphatic carbocycles. The van der Waals surface area contributed by atoms with Gasteiger partial charge in [0.1, 0.15) is 12.1 Å². The molecule has 9 heavy (non-hydrogen) atoms. The number of hydrogen-bond acceptors (Lipinski definition) is 4. The molecule has 0 aromatic rings. The van der Waals surface area contributed by atoms with Crippen molar-refractivity contribution < 1.29 is 0 Å². The molecule has 0 rings (SSSR count). The molecule has 0 saturated heterocycles. The number of nitrogens with zero attached hydrogens (tertiary/aromatic N) is 2. The molecule has 4 heteroatoms. The van der Waals surface area contributed by atoms with Crippen molar-refractivity contribution in [2.45, 2.75) is 25.8 Å². The molecule has 0 spiro atoms. The molecule has 0 aliphatic rings. The monoisotopic (exact) mass is 130 g/mol. The standard InChI is InChI=1S/C5H10N2O2/c1-3-5(2,7-9)4-6-8/h3-4H2,1-2H3. The lowest BCUT2D eigenvalue weighted by Gasteiger charge is -2.12. The molecule has 0 aromatic carbocycles. The number of rotatable bonds is 4. The van der Waals surface area contributed by atoms with Crippen LogP contribution in [0.3, 0.4) is 0 Å². The van der Waals surface area contributed by atoms with Crippen molar-refractivity contribution in [2.24, 2.45) is 10.4 Å². The maximum atomic E-state index is 10.00. The van der Waals surface area contributed by atoms with E-state index < -0.39 is 5.54 Å². The molecule has 52 valence electrons. The summed E-state index contributed by atoms with van der Waals surface area (Å²) in [5.74, 6) is 0. The zero-order valence-corrected chi connectivity index (χ0v) is 5.63. The van der Waals surface area contributed by atoms with Gasteiger partial charge < -0.3 is 0 Å². The third kappa shape index (κ3) is 2.30. The van der Waals surface area contributed by atoms with E-state index >= 15 is 0 Å². The van der Waals surface area contributed by atoms with Crippen molar-refractivity contribution in [3.63, 3.8) is 0 Å². The van der Waals surface area contributed by atoms with Gasteiger partial charge in [0.2, 0.25) is 0 Å². The zero-order valence-electron chi connectivity index (χ0n) is 5.63. The van der Waals surface area contributed by atoms with Crippen LogP contribution in [0.1, 0.15) is 20.3 Å². The molecule has 0 amide bonds. The summed E-state index contributed by atoms with van der Waals surface area (Å²) >= 11 is 0. The second-order valence-corrected chi connectivity index (χ2v) is 2.23. The second-order valence-electron chi connectivity index (χ2n) is 2.23. The first-order valence-corrected chi connectivity index (χ1v) is 2.82. The highest BCUT2D eigenvalue weighted by Crippen LogP contribution is 2.13. The number of nitroso groups, excluding NO2 is 2. The lowest BCUT2D eigenvalue weighted by molar-refractivity contribution is 0.463. The minimum absolute atomic E-state index is 0.0208. The van der Waals surface area contributed by atoms with E-state index in [0.29, 0.717) is 6.42 Å². The average molecular weight is 130 g/mol. The van der Waals surface area contributed by atoms with Gasteiger partial charge in [-0.3, -0.25) is 0 Å². The molecule has 4 nitrogen and oxygen atoms in total. The molecule has 0 fully saturated rings. The Morgan fingerprint density at radius 3 is 2.11 bits per heavy atom. The van der Waals surface area contributed by atoms with Gasteiger partial charge in [-0.05, 0) is 13.3 Å². The van der Waals surface area contributed by atoms with Crippen LogP contribution < -0.4 is 0 Å². The third-order valence-corrected chi connectivity index (χ3v) is 1.39. The molecule has 1 unspecified atom stereocenters. The fourth-order valence-electron chi connectivity index (χ4n) is 0.344. The maximum absolute atomic E-state index is 10.00. The van der Waals surface area contributed by atoms with Crippen LogP contribution in [0.4, 0.5) is 0 Å². The maximum Gasteiger partial charge on any atom is 0.122 e. The summed E-state index contributed by atoms with van der Waals surface area (Å²) in [4.78, 5) is 19.7. The van der Waals surface area contributed by atoms with Gasteiger partial charge in [0, 0.05) is 0 Å². The molecular formula is C5H10N2O2. The molecule has 0 saturated carbocycles. The van der Waals surface area contributed by atoms with E-state index in [1.165, 1.54) is 0 Å². The Bertz CT molecular complexity index is 116. The van der Waals surface area contributed by atoms with Crippen molar-refractivity contribution in [3.8, 4) is 0 Å². The Morgan fingerprint density at radius 2 is 2.00 bits per heavy atom. The van der Waals surface area contributed by atoms with Gasteiger partial charge in [0.15, 0.2) is 0 Å². The summed E-state index contributed by atoms with van der Waals surface area (Å²) in [5, 5.41) is 5.39. The van der Waals surface area contributed by atoms with E-state index in [2.05, 4.69) is 10.4 Å². The zero-order chi connectivity index (χ0) is 7.33. The van der Waals surface area contributed by atoms with Crippen LogP contribution in [0.5, 0.6) is 0 Å². The molecule has 0 radical (unpaired) electrons. The Hall–Kier alpha value is -0.800. The van der Waals surface area contributed by atoms with Crippen molar-refractivity contribution in [2.75, 3.05) is 6.54 Å². The van der Waals surface area contributed by atoms with Crippen LogP contribution in [-0.4, -0.2) is 12.1 Å². The van der Waals surface area contributed by atoms with E-state index in [9.17, 15) is 9.81 Å². The van der Waals surface area contributed by atoms with Crippen LogP contribution >= 0.6 is 0 Å². The largest absolute Gasteiger partial charge is 0.151 e. The van der Waals surface area contributed by atoms with Crippen molar-refractivity contribution in [1.82, 2.24) is 0 Å². The molecule has 0 heterocycles. The van der Waals surface area contributed by atoms with E-state index in [1.54, 1.807) is 13.8 Å². The molecule has 0 aromatic heterocycles. The van der Waals surface area contributed by atoms with E-state index in [-0.39, 0.29) is 6.54 Å². The lowest BCUT2D eigenvalue weighted by atomic mass is 10.0. The van der Waals surface area contributed by atoms with E-state index in [4.69, 9.17) is 0 Å². The summed E-state index contributed by atoms with van der Waals surface area (Å²) in [6.07, 6.45) is 0.558. The minimum atomic E-state index is -0.776. The fraction of sp³-hybridized carbons (Fsp3) is 1.00. The first-order chi connectivity index (χ1) is 4.18.